The average molecular weight is 241 g/mol. The molecule has 0 radical (unpaired) electrons. The van der Waals surface area contributed by atoms with Crippen LogP contribution in [0.4, 0.5) is 4.79 Å². The number of hydrogen-bond acceptors (Lipinski definition) is 4. The van der Waals surface area contributed by atoms with Crippen LogP contribution in [0.2, 0.25) is 0 Å². The number of hydrogen-bond donors (Lipinski definition) is 1. The van der Waals surface area contributed by atoms with E-state index in [0.29, 0.717) is 19.4 Å². The van der Waals surface area contributed by atoms with E-state index in [4.69, 9.17) is 14.6 Å². The molecule has 94 valence electrons. The molecule has 1 N–H and O–H groups in total. The van der Waals surface area contributed by atoms with Crippen LogP contribution in [0.1, 0.15) is 12.8 Å². The second-order valence-electron chi connectivity index (χ2n) is 4.13. The highest BCUT2D eigenvalue weighted by molar-refractivity contribution is 5.81. The van der Waals surface area contributed by atoms with Gasteiger partial charge in [-0.25, -0.2) is 9.59 Å². The van der Waals surface area contributed by atoms with Crippen LogP contribution in [-0.4, -0.2) is 53.5 Å². The normalized spacial score (nSPS) is 31.1. The molecule has 0 bridgehead atoms. The van der Waals surface area contributed by atoms with E-state index in [1.807, 2.05) is 0 Å². The van der Waals surface area contributed by atoms with Gasteiger partial charge in [0.15, 0.2) is 0 Å². The Hall–Kier alpha value is -1.56. The molecule has 2 heterocycles. The molecule has 2 aliphatic rings. The molecule has 0 aromatic heterocycles. The van der Waals surface area contributed by atoms with Crippen LogP contribution in [0, 0.1) is 0 Å². The van der Waals surface area contributed by atoms with E-state index in [2.05, 4.69) is 6.58 Å². The maximum absolute atomic E-state index is 11.8. The van der Waals surface area contributed by atoms with Crippen molar-refractivity contribution in [2.24, 2.45) is 0 Å². The molecule has 1 amide bonds. The fourth-order valence-corrected chi connectivity index (χ4v) is 2.43. The molecule has 0 spiro atoms. The number of fused-ring (bicyclic) bond motifs is 1. The Morgan fingerprint density at radius 1 is 1.59 bits per heavy atom. The highest BCUT2D eigenvalue weighted by atomic mass is 16.6. The number of likely N-dealkylation sites (tertiary alicyclic amines) is 1. The summed E-state index contributed by atoms with van der Waals surface area (Å²) in [5.41, 5.74) is 0. The molecule has 0 aliphatic carbocycles. The molecule has 6 heteroatoms. The minimum absolute atomic E-state index is 0.0833. The van der Waals surface area contributed by atoms with Crippen LogP contribution in [0.3, 0.4) is 0 Å². The van der Waals surface area contributed by atoms with Gasteiger partial charge in [-0.15, -0.1) is 0 Å². The van der Waals surface area contributed by atoms with Crippen LogP contribution in [0.15, 0.2) is 12.7 Å². The summed E-state index contributed by atoms with van der Waals surface area (Å²) in [4.78, 5) is 24.2. The largest absolute Gasteiger partial charge is 0.480 e. The summed E-state index contributed by atoms with van der Waals surface area (Å²) in [6.07, 6.45) is 1.68. The predicted octanol–water partition coefficient (Wildman–Crippen LogP) is 0.625. The summed E-state index contributed by atoms with van der Waals surface area (Å²) < 4.78 is 10.3. The summed E-state index contributed by atoms with van der Waals surface area (Å²) in [6, 6.07) is -1.02. The lowest BCUT2D eigenvalue weighted by atomic mass is 10.1. The summed E-state index contributed by atoms with van der Waals surface area (Å²) in [6.45, 7) is 4.09. The van der Waals surface area contributed by atoms with Crippen molar-refractivity contribution in [1.82, 2.24) is 4.90 Å². The van der Waals surface area contributed by atoms with E-state index in [0.717, 1.165) is 0 Å². The minimum atomic E-state index is -1.02. The number of carboxylic acid groups (broad SMARTS) is 1. The topological polar surface area (TPSA) is 76.1 Å². The van der Waals surface area contributed by atoms with Crippen molar-refractivity contribution in [3.8, 4) is 0 Å². The molecule has 0 saturated carbocycles. The number of carboxylic acids is 1. The summed E-state index contributed by atoms with van der Waals surface area (Å²) in [5, 5.41) is 9.09. The third-order valence-electron chi connectivity index (χ3n) is 3.14. The van der Waals surface area contributed by atoms with Crippen molar-refractivity contribution in [3.05, 3.63) is 12.7 Å². The Bertz CT molecular complexity index is 343. The maximum atomic E-state index is 11.8. The van der Waals surface area contributed by atoms with E-state index >= 15 is 0 Å². The molecule has 0 aromatic rings. The van der Waals surface area contributed by atoms with E-state index in [-0.39, 0.29) is 18.8 Å². The second-order valence-corrected chi connectivity index (χ2v) is 4.13. The number of nitrogens with zero attached hydrogens (tertiary/aromatic N) is 1. The zero-order valence-corrected chi connectivity index (χ0v) is 9.37. The number of carbonyl (C=O) groups excluding carboxylic acids is 1. The summed E-state index contributed by atoms with van der Waals surface area (Å²) >= 11 is 0. The second kappa shape index (κ2) is 4.75. The van der Waals surface area contributed by atoms with Crippen LogP contribution in [-0.2, 0) is 14.3 Å². The first kappa shape index (κ1) is 11.9. The van der Waals surface area contributed by atoms with Crippen molar-refractivity contribution < 1.29 is 24.2 Å². The summed E-state index contributed by atoms with van der Waals surface area (Å²) in [7, 11) is 0. The van der Waals surface area contributed by atoms with Gasteiger partial charge in [-0.05, 0) is 6.42 Å². The standard InChI is InChI=1S/C11H15NO5/c1-2-4-17-11(15)12-7-3-5-16-9(7)6-8(12)10(13)14/h2,7-9H,1,3-6H2,(H,13,14)/t7-,8-,9-/m0/s1. The SMILES string of the molecule is C=CCOC(=O)N1[C@H](C(=O)O)C[C@@H]2OCC[C@@H]21. The number of amides is 1. The highest BCUT2D eigenvalue weighted by Crippen LogP contribution is 2.34. The molecule has 2 saturated heterocycles. The average Bonchev–Trinajstić information content (AvgIpc) is 2.84. The van der Waals surface area contributed by atoms with Crippen molar-refractivity contribution >= 4 is 12.1 Å². The number of rotatable bonds is 3. The van der Waals surface area contributed by atoms with Gasteiger partial charge in [-0.2, -0.15) is 0 Å². The first-order chi connectivity index (χ1) is 8.15. The maximum Gasteiger partial charge on any atom is 0.411 e. The fraction of sp³-hybridized carbons (Fsp3) is 0.636. The van der Waals surface area contributed by atoms with Gasteiger partial charge in [0.2, 0.25) is 0 Å². The third kappa shape index (κ3) is 2.12. The monoisotopic (exact) mass is 241 g/mol. The number of carbonyl (C=O) groups is 2. The van der Waals surface area contributed by atoms with Crippen molar-refractivity contribution in [2.45, 2.75) is 31.0 Å². The van der Waals surface area contributed by atoms with Gasteiger partial charge < -0.3 is 14.6 Å². The van der Waals surface area contributed by atoms with Gasteiger partial charge in [-0.1, -0.05) is 12.7 Å². The van der Waals surface area contributed by atoms with Gasteiger partial charge >= 0.3 is 12.1 Å². The Balaban J connectivity index is 2.11. The zero-order chi connectivity index (χ0) is 12.4. The molecule has 0 aromatic carbocycles. The molecule has 0 unspecified atom stereocenters. The van der Waals surface area contributed by atoms with Gasteiger partial charge in [0, 0.05) is 13.0 Å². The van der Waals surface area contributed by atoms with Crippen molar-refractivity contribution in [2.75, 3.05) is 13.2 Å². The molecule has 17 heavy (non-hydrogen) atoms. The van der Waals surface area contributed by atoms with Crippen LogP contribution in [0.5, 0.6) is 0 Å². The third-order valence-corrected chi connectivity index (χ3v) is 3.14. The van der Waals surface area contributed by atoms with Gasteiger partial charge in [-0.3, -0.25) is 4.90 Å². The molecule has 6 nitrogen and oxygen atoms in total. The molecular formula is C11H15NO5. The van der Waals surface area contributed by atoms with Gasteiger partial charge in [0.05, 0.1) is 12.1 Å². The Labute approximate surface area is 98.8 Å². The zero-order valence-electron chi connectivity index (χ0n) is 9.37. The molecule has 2 fully saturated rings. The highest BCUT2D eigenvalue weighted by Gasteiger charge is 2.50. The van der Waals surface area contributed by atoms with Gasteiger partial charge in [0.25, 0.3) is 0 Å². The van der Waals surface area contributed by atoms with Gasteiger partial charge in [0.1, 0.15) is 12.6 Å². The first-order valence-electron chi connectivity index (χ1n) is 5.55. The lowest BCUT2D eigenvalue weighted by molar-refractivity contribution is -0.142. The first-order valence-corrected chi connectivity index (χ1v) is 5.55. The predicted molar refractivity (Wildman–Crippen MR) is 57.6 cm³/mol. The molecular weight excluding hydrogens is 226 g/mol. The van der Waals surface area contributed by atoms with Crippen molar-refractivity contribution in [3.63, 3.8) is 0 Å². The van der Waals surface area contributed by atoms with Crippen LogP contribution < -0.4 is 0 Å². The van der Waals surface area contributed by atoms with E-state index < -0.39 is 18.1 Å². The van der Waals surface area contributed by atoms with Crippen molar-refractivity contribution in [1.29, 1.82) is 0 Å². The van der Waals surface area contributed by atoms with E-state index in [9.17, 15) is 9.59 Å². The lowest BCUT2D eigenvalue weighted by Crippen LogP contribution is -2.45. The summed E-state index contributed by atoms with van der Waals surface area (Å²) in [5.74, 6) is -1.02. The number of ether oxygens (including phenoxy) is 2. The number of aliphatic carboxylic acids is 1. The smallest absolute Gasteiger partial charge is 0.411 e. The Morgan fingerprint density at radius 3 is 3.00 bits per heavy atom. The van der Waals surface area contributed by atoms with E-state index in [1.54, 1.807) is 0 Å². The van der Waals surface area contributed by atoms with E-state index in [1.165, 1.54) is 11.0 Å². The fourth-order valence-electron chi connectivity index (χ4n) is 2.43. The van der Waals surface area contributed by atoms with Crippen LogP contribution >= 0.6 is 0 Å². The molecule has 2 rings (SSSR count). The Kier molecular flexibility index (Phi) is 3.33. The quantitative estimate of drug-likeness (QED) is 0.733. The van der Waals surface area contributed by atoms with Crippen LogP contribution in [0.25, 0.3) is 0 Å². The molecule has 3 atom stereocenters. The molecule has 2 aliphatic heterocycles. The minimum Gasteiger partial charge on any atom is -0.480 e. The lowest BCUT2D eigenvalue weighted by Gasteiger charge is -2.25. The Morgan fingerprint density at radius 2 is 2.35 bits per heavy atom.